The Bertz CT molecular complexity index is 2670. The van der Waals surface area contributed by atoms with Gasteiger partial charge in [-0.15, -0.1) is 0 Å². The normalized spacial score (nSPS) is 14.2. The predicted molar refractivity (Wildman–Crippen MR) is 222 cm³/mol. The van der Waals surface area contributed by atoms with Crippen molar-refractivity contribution >= 4 is 62.6 Å². The molecule has 0 fully saturated rings. The number of aromatic carboxylic acids is 1. The lowest BCUT2D eigenvalue weighted by molar-refractivity contribution is 0.0687. The molecule has 0 bridgehead atoms. The number of hydrogen-bond acceptors (Lipinski definition) is 5. The van der Waals surface area contributed by atoms with E-state index in [4.69, 9.17) is 27.9 Å². The SMILES string of the molecule is Cc1ccc2c(c1)c(N1CC(C)n3c(c(CCCOc4cc(C)c(Cl)c(C)c4)c4ccc(Cl)c(-c5c(C)n[nH]c5C)c43)C1=O)c(C(=O)O)n2Cc1ccccn1. The van der Waals surface area contributed by atoms with Crippen LogP contribution in [0.25, 0.3) is 32.9 Å². The number of halogens is 2. The minimum Gasteiger partial charge on any atom is -0.494 e. The van der Waals surface area contributed by atoms with Gasteiger partial charge in [0.15, 0.2) is 5.69 Å². The van der Waals surface area contributed by atoms with Crippen LogP contribution >= 0.6 is 23.2 Å². The first-order valence-electron chi connectivity index (χ1n) is 18.7. The van der Waals surface area contributed by atoms with Crippen molar-refractivity contribution in [3.05, 3.63) is 128 Å². The van der Waals surface area contributed by atoms with Crippen LogP contribution in [0.15, 0.2) is 66.9 Å². The summed E-state index contributed by atoms with van der Waals surface area (Å²) in [6.07, 6.45) is 2.82. The Labute approximate surface area is 334 Å². The Morgan fingerprint density at radius 2 is 1.75 bits per heavy atom. The van der Waals surface area contributed by atoms with Gasteiger partial charge in [-0.2, -0.15) is 5.10 Å². The zero-order chi connectivity index (χ0) is 39.6. The maximum absolute atomic E-state index is 15.4. The van der Waals surface area contributed by atoms with E-state index in [2.05, 4.69) is 26.7 Å². The number of carbonyl (C=O) groups excluding carboxylic acids is 1. The molecule has 5 heterocycles. The summed E-state index contributed by atoms with van der Waals surface area (Å²) in [7, 11) is 0. The fraction of sp³-hybridized carbons (Fsp3) is 0.273. The smallest absolute Gasteiger partial charge is 0.354 e. The zero-order valence-corrected chi connectivity index (χ0v) is 33.6. The molecule has 0 aliphatic carbocycles. The van der Waals surface area contributed by atoms with Crippen LogP contribution in [0, 0.1) is 34.6 Å². The molecule has 286 valence electrons. The summed E-state index contributed by atoms with van der Waals surface area (Å²) in [5.74, 6) is -0.660. The second kappa shape index (κ2) is 14.5. The summed E-state index contributed by atoms with van der Waals surface area (Å²) in [5, 5.41) is 21.4. The molecular weight excluding hydrogens is 747 g/mol. The Kier molecular flexibility index (Phi) is 9.66. The van der Waals surface area contributed by atoms with Crippen LogP contribution in [0.5, 0.6) is 5.75 Å². The molecule has 1 atom stereocenters. The number of H-pyrrole nitrogens is 1. The van der Waals surface area contributed by atoms with E-state index in [1.165, 1.54) is 0 Å². The van der Waals surface area contributed by atoms with Crippen LogP contribution in [-0.4, -0.2) is 54.5 Å². The molecule has 56 heavy (non-hydrogen) atoms. The number of anilines is 1. The summed E-state index contributed by atoms with van der Waals surface area (Å²) in [6.45, 7) is 12.7. The standard InChI is InChI=1S/C44H42Cl2N6O4/c1-23-12-15-35-33(18-23)40(42(44(54)55)50(35)22-29-10-7-8-16-47-29)51-21-26(4)52-39-32(13-14-34(45)37(39)36-27(5)48-49-28(36)6)31(41(52)43(51)53)11-9-17-56-30-19-24(2)38(46)25(3)20-30/h7-8,10,12-16,18-20,26H,9,11,17,21-22H2,1-6H3,(H,48,49)(H,54,55). The molecule has 0 spiro atoms. The highest BCUT2D eigenvalue weighted by atomic mass is 35.5. The summed E-state index contributed by atoms with van der Waals surface area (Å²) >= 11 is 13.5. The summed E-state index contributed by atoms with van der Waals surface area (Å²) < 4.78 is 10.1. The quantitative estimate of drug-likeness (QED) is 0.133. The first-order valence-corrected chi connectivity index (χ1v) is 19.5. The minimum absolute atomic E-state index is 0.0400. The first-order chi connectivity index (χ1) is 26.8. The van der Waals surface area contributed by atoms with E-state index in [1.807, 2.05) is 95.3 Å². The number of pyridine rings is 1. The van der Waals surface area contributed by atoms with E-state index < -0.39 is 5.97 Å². The molecule has 0 saturated carbocycles. The van der Waals surface area contributed by atoms with Gasteiger partial charge in [0.05, 0.1) is 46.3 Å². The monoisotopic (exact) mass is 788 g/mol. The molecule has 0 radical (unpaired) electrons. The van der Waals surface area contributed by atoms with E-state index >= 15 is 4.79 Å². The number of fused-ring (bicyclic) bond motifs is 4. The molecule has 1 amide bonds. The van der Waals surface area contributed by atoms with Crippen LogP contribution in [0.1, 0.15) is 79.7 Å². The Hall–Kier alpha value is -5.58. The second-order valence-electron chi connectivity index (χ2n) is 14.8. The number of aromatic nitrogens is 5. The number of amides is 1. The Morgan fingerprint density at radius 1 is 0.982 bits per heavy atom. The molecule has 1 unspecified atom stereocenters. The van der Waals surface area contributed by atoms with Crippen molar-refractivity contribution in [1.82, 2.24) is 24.3 Å². The number of ether oxygens (including phenoxy) is 1. The molecule has 3 aromatic carbocycles. The third-order valence-corrected chi connectivity index (χ3v) is 11.8. The second-order valence-corrected chi connectivity index (χ2v) is 15.6. The Balaban J connectivity index is 1.30. The molecule has 1 aliphatic heterocycles. The van der Waals surface area contributed by atoms with Crippen LogP contribution < -0.4 is 9.64 Å². The van der Waals surface area contributed by atoms with Crippen LogP contribution in [0.3, 0.4) is 0 Å². The molecule has 1 aliphatic rings. The topological polar surface area (TPSA) is 118 Å². The summed E-state index contributed by atoms with van der Waals surface area (Å²) in [4.78, 5) is 34.9. The molecular formula is C44H42Cl2N6O4. The number of carbonyl (C=O) groups is 2. The minimum atomic E-state index is -1.12. The van der Waals surface area contributed by atoms with Crippen molar-refractivity contribution in [1.29, 1.82) is 0 Å². The largest absolute Gasteiger partial charge is 0.494 e. The molecule has 12 heteroatoms. The van der Waals surface area contributed by atoms with E-state index in [1.54, 1.807) is 15.7 Å². The number of hydrogen-bond donors (Lipinski definition) is 2. The van der Waals surface area contributed by atoms with Gasteiger partial charge >= 0.3 is 5.97 Å². The van der Waals surface area contributed by atoms with Crippen LogP contribution in [0.2, 0.25) is 10.0 Å². The number of aryl methyl sites for hydroxylation is 6. The average Bonchev–Trinajstić information content (AvgIpc) is 3.79. The van der Waals surface area contributed by atoms with Crippen molar-refractivity contribution in [3.8, 4) is 16.9 Å². The number of benzene rings is 3. The predicted octanol–water partition coefficient (Wildman–Crippen LogP) is 10.2. The van der Waals surface area contributed by atoms with Gasteiger partial charge in [0.25, 0.3) is 5.91 Å². The lowest BCUT2D eigenvalue weighted by Crippen LogP contribution is -2.43. The van der Waals surface area contributed by atoms with Gasteiger partial charge in [0.1, 0.15) is 11.4 Å². The van der Waals surface area contributed by atoms with E-state index in [9.17, 15) is 9.90 Å². The fourth-order valence-corrected chi connectivity index (χ4v) is 8.82. The van der Waals surface area contributed by atoms with Crippen molar-refractivity contribution in [2.75, 3.05) is 18.1 Å². The maximum atomic E-state index is 15.4. The van der Waals surface area contributed by atoms with Crippen molar-refractivity contribution in [2.24, 2.45) is 0 Å². The Morgan fingerprint density at radius 3 is 2.43 bits per heavy atom. The highest BCUT2D eigenvalue weighted by Gasteiger charge is 2.40. The van der Waals surface area contributed by atoms with E-state index in [-0.39, 0.29) is 30.7 Å². The number of aromatic amines is 1. The molecule has 4 aromatic heterocycles. The maximum Gasteiger partial charge on any atom is 0.354 e. The number of carboxylic acid groups (broad SMARTS) is 1. The summed E-state index contributed by atoms with van der Waals surface area (Å²) in [6, 6.07) is 18.9. The number of rotatable bonds is 10. The lowest BCUT2D eigenvalue weighted by Gasteiger charge is -2.34. The molecule has 2 N–H and O–H groups in total. The number of carboxylic acids is 1. The lowest BCUT2D eigenvalue weighted by atomic mass is 9.98. The third kappa shape index (κ3) is 6.21. The van der Waals surface area contributed by atoms with Crippen molar-refractivity contribution in [3.63, 3.8) is 0 Å². The van der Waals surface area contributed by atoms with Crippen molar-refractivity contribution < 1.29 is 19.4 Å². The molecule has 7 aromatic rings. The van der Waals surface area contributed by atoms with Gasteiger partial charge in [-0.3, -0.25) is 14.9 Å². The molecule has 0 saturated heterocycles. The van der Waals surface area contributed by atoms with Crippen LogP contribution in [0.4, 0.5) is 5.69 Å². The highest BCUT2D eigenvalue weighted by molar-refractivity contribution is 6.35. The van der Waals surface area contributed by atoms with Crippen LogP contribution in [-0.2, 0) is 13.0 Å². The number of nitrogens with one attached hydrogen (secondary N) is 1. The average molecular weight is 790 g/mol. The molecule has 10 nitrogen and oxygen atoms in total. The first kappa shape index (κ1) is 37.3. The van der Waals surface area contributed by atoms with Gasteiger partial charge in [-0.25, -0.2) is 4.79 Å². The van der Waals surface area contributed by atoms with Gasteiger partial charge < -0.3 is 23.9 Å². The van der Waals surface area contributed by atoms with E-state index in [0.717, 1.165) is 66.4 Å². The van der Waals surface area contributed by atoms with Gasteiger partial charge in [-0.1, -0.05) is 47.0 Å². The third-order valence-electron chi connectivity index (χ3n) is 10.9. The highest BCUT2D eigenvalue weighted by Crippen LogP contribution is 2.46. The van der Waals surface area contributed by atoms with Gasteiger partial charge in [0, 0.05) is 51.4 Å². The molecule has 8 rings (SSSR count). The van der Waals surface area contributed by atoms with E-state index in [0.29, 0.717) is 52.4 Å². The number of nitrogens with zero attached hydrogens (tertiary/aromatic N) is 5. The van der Waals surface area contributed by atoms with Gasteiger partial charge in [-0.05, 0) is 114 Å². The zero-order valence-electron chi connectivity index (χ0n) is 32.1. The summed E-state index contributed by atoms with van der Waals surface area (Å²) in [5.41, 5.74) is 10.3. The van der Waals surface area contributed by atoms with Crippen molar-refractivity contribution in [2.45, 2.75) is 67.0 Å². The van der Waals surface area contributed by atoms with Gasteiger partial charge in [0.2, 0.25) is 0 Å². The fourth-order valence-electron chi connectivity index (χ4n) is 8.46.